The molecule has 0 unspecified atom stereocenters. The maximum absolute atomic E-state index is 13.2. The molecular weight excluding hydrogens is 596 g/mol. The van der Waals surface area contributed by atoms with Crippen molar-refractivity contribution in [3.8, 4) is 0 Å². The normalized spacial score (nSPS) is 14.2. The average Bonchev–Trinajstić information content (AvgIpc) is 2.97. The summed E-state index contributed by atoms with van der Waals surface area (Å²) in [4.78, 5) is 83.7. The van der Waals surface area contributed by atoms with E-state index in [1.807, 2.05) is 0 Å². The monoisotopic (exact) mass is 638 g/mol. The lowest BCUT2D eigenvalue weighted by atomic mass is 10.0. The molecule has 0 spiro atoms. The Morgan fingerprint density at radius 1 is 0.667 bits per heavy atom. The number of benzene rings is 1. The van der Waals surface area contributed by atoms with E-state index in [9.17, 15) is 43.8 Å². The van der Waals surface area contributed by atoms with Crippen molar-refractivity contribution in [2.45, 2.75) is 88.5 Å². The minimum atomic E-state index is -1.44. The van der Waals surface area contributed by atoms with Gasteiger partial charge in [0.25, 0.3) is 0 Å². The summed E-state index contributed by atoms with van der Waals surface area (Å²) in [5, 5.41) is 44.0. The molecule has 11 N–H and O–H groups in total. The first-order valence-corrected chi connectivity index (χ1v) is 14.3. The van der Waals surface area contributed by atoms with Gasteiger partial charge in [0.2, 0.25) is 17.7 Å². The molecule has 0 heterocycles. The number of unbranched alkanes of at least 4 members (excludes halogenated alkanes) is 1. The molecule has 3 amide bonds. The van der Waals surface area contributed by atoms with Crippen molar-refractivity contribution < 1.29 is 54.0 Å². The molecular formula is C28H42N6O11. The lowest BCUT2D eigenvalue weighted by Gasteiger charge is -2.25. The molecule has 5 atom stereocenters. The number of nitrogens with one attached hydrogen (secondary N) is 5. The maximum atomic E-state index is 13.2. The zero-order valence-electron chi connectivity index (χ0n) is 24.9. The molecule has 250 valence electrons. The van der Waals surface area contributed by atoms with Crippen LogP contribution in [0.2, 0.25) is 0 Å². The van der Waals surface area contributed by atoms with Crippen LogP contribution in [0.3, 0.4) is 0 Å². The smallest absolute Gasteiger partial charge is 0.326 e. The molecule has 0 radical (unpaired) electrons. The zero-order chi connectivity index (χ0) is 33.9. The summed E-state index contributed by atoms with van der Waals surface area (Å²) in [6.45, 7) is 1.61. The molecule has 0 aromatic heterocycles. The first kappa shape index (κ1) is 38.4. The Balaban J connectivity index is 2.89. The van der Waals surface area contributed by atoms with Crippen molar-refractivity contribution in [3.05, 3.63) is 35.9 Å². The third kappa shape index (κ3) is 16.2. The fourth-order valence-electron chi connectivity index (χ4n) is 3.99. The summed E-state index contributed by atoms with van der Waals surface area (Å²) in [6.07, 6.45) is -0.718. The lowest BCUT2D eigenvalue weighted by Crippen LogP contribution is -2.57. The molecule has 45 heavy (non-hydrogen) atoms. The molecule has 17 nitrogen and oxygen atoms in total. The Labute approximate surface area is 259 Å². The van der Waals surface area contributed by atoms with Crippen molar-refractivity contribution in [1.29, 1.82) is 0 Å². The number of hydrazine groups is 1. The molecule has 0 bridgehead atoms. The van der Waals surface area contributed by atoms with Crippen LogP contribution in [0.15, 0.2) is 30.3 Å². The first-order valence-electron chi connectivity index (χ1n) is 14.3. The molecule has 0 aliphatic carbocycles. The number of carbonyl (C=O) groups is 7. The summed E-state index contributed by atoms with van der Waals surface area (Å²) in [5.41, 5.74) is 11.4. The molecule has 1 rings (SSSR count). The molecule has 0 aliphatic heterocycles. The number of aliphatic carboxylic acids is 4. The summed E-state index contributed by atoms with van der Waals surface area (Å²) >= 11 is 0. The van der Waals surface area contributed by atoms with E-state index in [2.05, 4.69) is 26.8 Å². The number of carboxylic acids is 4. The highest BCUT2D eigenvalue weighted by Gasteiger charge is 2.30. The van der Waals surface area contributed by atoms with Crippen molar-refractivity contribution >= 4 is 41.6 Å². The topological polar surface area (TPSA) is 287 Å². The van der Waals surface area contributed by atoms with Gasteiger partial charge in [-0.1, -0.05) is 30.3 Å². The number of nitrogens with two attached hydrogens (primary N) is 1. The van der Waals surface area contributed by atoms with Gasteiger partial charge in [-0.25, -0.2) is 10.2 Å². The third-order valence-electron chi connectivity index (χ3n) is 6.49. The molecule has 0 saturated heterocycles. The van der Waals surface area contributed by atoms with Crippen LogP contribution in [-0.4, -0.2) is 98.8 Å². The van der Waals surface area contributed by atoms with Crippen molar-refractivity contribution in [2.24, 2.45) is 5.73 Å². The van der Waals surface area contributed by atoms with Crippen LogP contribution in [0, 0.1) is 0 Å². The van der Waals surface area contributed by atoms with Gasteiger partial charge in [-0.3, -0.25) is 34.2 Å². The summed E-state index contributed by atoms with van der Waals surface area (Å²) in [5.74, 6) is -7.38. The largest absolute Gasteiger partial charge is 0.481 e. The van der Waals surface area contributed by atoms with Gasteiger partial charge < -0.3 is 42.1 Å². The number of hydrogen-bond acceptors (Lipinski definition) is 10. The van der Waals surface area contributed by atoms with Crippen molar-refractivity contribution in [1.82, 2.24) is 26.8 Å². The second-order valence-electron chi connectivity index (χ2n) is 10.3. The molecule has 0 aliphatic rings. The van der Waals surface area contributed by atoms with E-state index < -0.39 is 78.2 Å². The van der Waals surface area contributed by atoms with Crippen LogP contribution in [0.5, 0.6) is 0 Å². The summed E-state index contributed by atoms with van der Waals surface area (Å²) < 4.78 is 0. The van der Waals surface area contributed by atoms with Crippen LogP contribution >= 0.6 is 0 Å². The van der Waals surface area contributed by atoms with Crippen LogP contribution in [0.4, 0.5) is 0 Å². The zero-order valence-corrected chi connectivity index (χ0v) is 24.9. The Hall–Kier alpha value is -4.61. The fourth-order valence-corrected chi connectivity index (χ4v) is 3.99. The SMILES string of the molecule is C[C@H](N)C(=O)N[C@@H](CCCCNN[C@@H](CCC(=O)O)C(=O)O)C(=O)N[C@@H](CCC(=O)O)C(=O)N[C@@H](Cc1ccccc1)C(=O)O. The number of amides is 3. The fraction of sp³-hybridized carbons (Fsp3) is 0.536. The highest BCUT2D eigenvalue weighted by atomic mass is 16.4. The van der Waals surface area contributed by atoms with Gasteiger partial charge in [0.05, 0.1) is 6.04 Å². The number of hydrogen-bond donors (Lipinski definition) is 10. The highest BCUT2D eigenvalue weighted by Crippen LogP contribution is 2.08. The van der Waals surface area contributed by atoms with Gasteiger partial charge in [-0.05, 0) is 44.6 Å². The average molecular weight is 639 g/mol. The first-order chi connectivity index (χ1) is 21.2. The van der Waals surface area contributed by atoms with Crippen molar-refractivity contribution in [2.75, 3.05) is 6.54 Å². The van der Waals surface area contributed by atoms with E-state index in [4.69, 9.17) is 15.9 Å². The summed E-state index contributed by atoms with van der Waals surface area (Å²) in [6, 6.07) is 2.35. The molecule has 1 aromatic carbocycles. The van der Waals surface area contributed by atoms with Crippen LogP contribution < -0.4 is 32.5 Å². The molecule has 0 saturated carbocycles. The number of carbonyl (C=O) groups excluding carboxylic acids is 3. The van der Waals surface area contributed by atoms with Gasteiger partial charge in [0.1, 0.15) is 24.2 Å². The highest BCUT2D eigenvalue weighted by molar-refractivity contribution is 5.94. The van der Waals surface area contributed by atoms with E-state index in [0.29, 0.717) is 18.4 Å². The standard InChI is InChI=1S/C28H42N6O11/c1-16(29)24(39)31-18(9-5-6-14-30-34-20(27(42)43)11-13-23(37)38)25(40)32-19(10-12-22(35)36)26(41)33-21(28(44)45)15-17-7-3-2-4-8-17/h2-4,7-8,16,18-21,30,34H,5-6,9-15,29H2,1H3,(H,31,39)(H,32,40)(H,33,41)(H,35,36)(H,37,38)(H,42,43)(H,44,45)/t16-,18-,19-,20-,21-/m0/s1. The number of carboxylic acid groups (broad SMARTS) is 4. The predicted octanol–water partition coefficient (Wildman–Crippen LogP) is -1.44. The minimum absolute atomic E-state index is 0.0480. The van der Waals surface area contributed by atoms with E-state index in [-0.39, 0.29) is 38.6 Å². The van der Waals surface area contributed by atoms with E-state index in [1.54, 1.807) is 30.3 Å². The quantitative estimate of drug-likeness (QED) is 0.0485. The predicted molar refractivity (Wildman–Crippen MR) is 157 cm³/mol. The lowest BCUT2D eigenvalue weighted by molar-refractivity contribution is -0.143. The Kier molecular flexibility index (Phi) is 17.4. The van der Waals surface area contributed by atoms with Crippen LogP contribution in [0.1, 0.15) is 57.4 Å². The van der Waals surface area contributed by atoms with E-state index >= 15 is 0 Å². The van der Waals surface area contributed by atoms with Crippen LogP contribution in [0.25, 0.3) is 0 Å². The Morgan fingerprint density at radius 2 is 1.16 bits per heavy atom. The van der Waals surface area contributed by atoms with Gasteiger partial charge >= 0.3 is 23.9 Å². The second-order valence-corrected chi connectivity index (χ2v) is 10.3. The van der Waals surface area contributed by atoms with E-state index in [0.717, 1.165) is 0 Å². The third-order valence-corrected chi connectivity index (χ3v) is 6.49. The van der Waals surface area contributed by atoms with Gasteiger partial charge in [-0.2, -0.15) is 0 Å². The Bertz CT molecular complexity index is 1160. The second kappa shape index (κ2) is 20.4. The van der Waals surface area contributed by atoms with E-state index in [1.165, 1.54) is 6.92 Å². The maximum Gasteiger partial charge on any atom is 0.326 e. The van der Waals surface area contributed by atoms with Crippen LogP contribution in [-0.2, 0) is 40.0 Å². The van der Waals surface area contributed by atoms with Crippen molar-refractivity contribution in [3.63, 3.8) is 0 Å². The number of rotatable bonds is 23. The van der Waals surface area contributed by atoms with Gasteiger partial charge in [0, 0.05) is 25.8 Å². The molecule has 1 aromatic rings. The molecule has 17 heteroatoms. The Morgan fingerprint density at radius 3 is 1.67 bits per heavy atom. The minimum Gasteiger partial charge on any atom is -0.481 e. The van der Waals surface area contributed by atoms with Gasteiger partial charge in [-0.15, -0.1) is 0 Å². The van der Waals surface area contributed by atoms with Gasteiger partial charge in [0.15, 0.2) is 0 Å². The summed E-state index contributed by atoms with van der Waals surface area (Å²) in [7, 11) is 0. The molecule has 0 fully saturated rings.